The van der Waals surface area contributed by atoms with E-state index in [0.717, 1.165) is 29.2 Å². The summed E-state index contributed by atoms with van der Waals surface area (Å²) in [5.74, 6) is -2.45. The molecule has 0 bridgehead atoms. The topological polar surface area (TPSA) is 460 Å². The van der Waals surface area contributed by atoms with Gasteiger partial charge in [0.25, 0.3) is 0 Å². The molecule has 0 radical (unpaired) electrons. The number of amides is 2. The Morgan fingerprint density at radius 3 is 1.59 bits per heavy atom. The number of hydrogen-bond acceptors (Lipinski definition) is 27. The standard InChI is InChI=1S/C53H76N2O28/c1-20-33(60)37(64)40(67)50(75-20)81-44-32(54-22(3)59)48(79-31(18-58)43(44)80-52-46(39(66)35(62)29(16-56)78-52)83-51-41(68)38(65)34(61)21(2)76-51)82-45-36(63)30(17-57)77-49(42(45)69)73-15-9-8-14-28(47(70)71)55-53(72)74-19-27-25-12-6-4-10-23(25)24-11-5-7-13-26(24)27/h4-7,10-13,20-21,27-46,48-52,56-58,60-69H,8-9,14-19H2,1-3H3,(H,54,59)(H,55,72)(H,70,71)/t20-,21-,28-,29+,30+,31+,32+,33+,34+,35-,36-,37+,38+,39-,40-,41-,42+,43+,44+,45-,46+,48-,49+,50-,51-,52-/m0/s1. The van der Waals surface area contributed by atoms with Gasteiger partial charge in [0, 0.05) is 19.4 Å². The third-order valence-electron chi connectivity index (χ3n) is 15.7. The number of ether oxygens (including phenoxy) is 11. The summed E-state index contributed by atoms with van der Waals surface area (Å²) >= 11 is 0. The maximum absolute atomic E-state index is 13.2. The van der Waals surface area contributed by atoms with Gasteiger partial charge in [-0.3, -0.25) is 4.79 Å². The minimum absolute atomic E-state index is 0.0541. The molecule has 26 atom stereocenters. The monoisotopic (exact) mass is 1190 g/mol. The highest BCUT2D eigenvalue weighted by molar-refractivity contribution is 5.81. The third kappa shape index (κ3) is 14.3. The molecule has 30 heteroatoms. The van der Waals surface area contributed by atoms with Crippen molar-refractivity contribution in [3.05, 3.63) is 59.7 Å². The number of carboxylic acid groups (broad SMARTS) is 1. The van der Waals surface area contributed by atoms with Crippen LogP contribution < -0.4 is 10.6 Å². The van der Waals surface area contributed by atoms with Crippen molar-refractivity contribution < 1.29 is 138 Å². The normalized spacial score (nSPS) is 40.4. The Labute approximate surface area is 474 Å². The van der Waals surface area contributed by atoms with Crippen molar-refractivity contribution in [2.45, 2.75) is 205 Å². The van der Waals surface area contributed by atoms with Crippen molar-refractivity contribution in [1.82, 2.24) is 10.6 Å². The van der Waals surface area contributed by atoms with E-state index in [4.69, 9.17) is 52.1 Å². The van der Waals surface area contributed by atoms with Crippen LogP contribution >= 0.6 is 0 Å². The summed E-state index contributed by atoms with van der Waals surface area (Å²) < 4.78 is 65.1. The van der Waals surface area contributed by atoms with E-state index >= 15 is 0 Å². The molecule has 2 aromatic carbocycles. The van der Waals surface area contributed by atoms with E-state index in [2.05, 4.69) is 10.6 Å². The Bertz CT molecular complexity index is 2400. The molecule has 2 amide bonds. The number of carbonyl (C=O) groups excluding carboxylic acids is 2. The smallest absolute Gasteiger partial charge is 0.407 e. The number of fused-ring (bicyclic) bond motifs is 3. The predicted octanol–water partition coefficient (Wildman–Crippen LogP) is -5.54. The van der Waals surface area contributed by atoms with Crippen molar-refractivity contribution in [2.75, 3.05) is 33.0 Å². The number of carbonyl (C=O) groups is 3. The zero-order valence-corrected chi connectivity index (χ0v) is 45.3. The number of benzene rings is 2. The van der Waals surface area contributed by atoms with E-state index < -0.39 is 197 Å². The number of unbranched alkanes of at least 4 members (excludes halogenated alkanes) is 1. The lowest BCUT2D eigenvalue weighted by atomic mass is 9.93. The molecule has 1 aliphatic carbocycles. The van der Waals surface area contributed by atoms with Gasteiger partial charge >= 0.3 is 12.1 Å². The van der Waals surface area contributed by atoms with Gasteiger partial charge in [0.15, 0.2) is 31.5 Å². The maximum atomic E-state index is 13.2. The fourth-order valence-electron chi connectivity index (χ4n) is 11.1. The summed E-state index contributed by atoms with van der Waals surface area (Å²) in [5.41, 5.74) is 3.94. The molecule has 2 aromatic rings. The number of aliphatic carboxylic acids is 1. The van der Waals surface area contributed by atoms with Gasteiger partial charge in [0.05, 0.1) is 32.0 Å². The van der Waals surface area contributed by atoms with Crippen LogP contribution in [0.4, 0.5) is 4.79 Å². The average molecular weight is 1190 g/mol. The number of aliphatic hydroxyl groups is 13. The zero-order valence-electron chi connectivity index (χ0n) is 45.3. The summed E-state index contributed by atoms with van der Waals surface area (Å²) in [6, 6.07) is 12.2. The van der Waals surface area contributed by atoms with Crippen molar-refractivity contribution in [1.29, 1.82) is 0 Å². The van der Waals surface area contributed by atoms with Gasteiger partial charge in [-0.05, 0) is 55.4 Å². The van der Waals surface area contributed by atoms with E-state index in [1.165, 1.54) is 13.8 Å². The van der Waals surface area contributed by atoms with Crippen LogP contribution in [0.3, 0.4) is 0 Å². The first-order valence-corrected chi connectivity index (χ1v) is 27.3. The molecule has 466 valence electrons. The Hall–Kier alpha value is -4.27. The lowest BCUT2D eigenvalue weighted by molar-refractivity contribution is -0.398. The number of nitrogens with one attached hydrogen (secondary N) is 2. The van der Waals surface area contributed by atoms with Crippen molar-refractivity contribution in [2.24, 2.45) is 0 Å². The second-order valence-corrected chi connectivity index (χ2v) is 21.4. The highest BCUT2D eigenvalue weighted by atomic mass is 16.8. The van der Waals surface area contributed by atoms with E-state index in [1.807, 2.05) is 48.5 Å². The molecule has 0 saturated carbocycles. The zero-order chi connectivity index (χ0) is 60.1. The van der Waals surface area contributed by atoms with Gasteiger partial charge in [-0.25, -0.2) is 9.59 Å². The number of aliphatic hydroxyl groups excluding tert-OH is 13. The molecule has 0 unspecified atom stereocenters. The number of hydrogen-bond donors (Lipinski definition) is 16. The number of carboxylic acids is 1. The Balaban J connectivity index is 0.969. The first kappa shape index (κ1) is 64.7. The lowest BCUT2D eigenvalue weighted by Gasteiger charge is -2.52. The van der Waals surface area contributed by atoms with Gasteiger partial charge in [0.1, 0.15) is 122 Å². The van der Waals surface area contributed by atoms with Crippen LogP contribution in [0.2, 0.25) is 0 Å². The molecule has 16 N–H and O–H groups in total. The fraction of sp³-hybridized carbons (Fsp3) is 0.717. The van der Waals surface area contributed by atoms with E-state index in [1.54, 1.807) is 0 Å². The molecule has 8 rings (SSSR count). The molecule has 0 aromatic heterocycles. The second kappa shape index (κ2) is 28.5. The second-order valence-electron chi connectivity index (χ2n) is 21.4. The van der Waals surface area contributed by atoms with E-state index in [-0.39, 0.29) is 38.4 Å². The van der Waals surface area contributed by atoms with Gasteiger partial charge < -0.3 is 134 Å². The van der Waals surface area contributed by atoms with E-state index in [0.29, 0.717) is 0 Å². The molecule has 5 fully saturated rings. The Kier molecular flexibility index (Phi) is 22.2. The largest absolute Gasteiger partial charge is 0.480 e. The third-order valence-corrected chi connectivity index (χ3v) is 15.7. The molecule has 5 aliphatic heterocycles. The van der Waals surface area contributed by atoms with Gasteiger partial charge in [0.2, 0.25) is 5.91 Å². The van der Waals surface area contributed by atoms with Crippen LogP contribution in [0.25, 0.3) is 11.1 Å². The minimum Gasteiger partial charge on any atom is -0.480 e. The maximum Gasteiger partial charge on any atom is 0.407 e. The highest BCUT2D eigenvalue weighted by Gasteiger charge is 2.58. The summed E-state index contributed by atoms with van der Waals surface area (Å²) in [6.07, 6.45) is -44.0. The van der Waals surface area contributed by atoms with Gasteiger partial charge in [-0.15, -0.1) is 0 Å². The van der Waals surface area contributed by atoms with Crippen molar-refractivity contribution in [3.63, 3.8) is 0 Å². The van der Waals surface area contributed by atoms with Crippen LogP contribution in [0.15, 0.2) is 48.5 Å². The lowest BCUT2D eigenvalue weighted by Crippen LogP contribution is -2.71. The van der Waals surface area contributed by atoms with E-state index in [9.17, 15) is 85.9 Å². The minimum atomic E-state index is -2.06. The van der Waals surface area contributed by atoms with Gasteiger partial charge in [-0.2, -0.15) is 0 Å². The Morgan fingerprint density at radius 1 is 0.530 bits per heavy atom. The van der Waals surface area contributed by atoms with Crippen LogP contribution in [0.1, 0.15) is 57.1 Å². The quantitative estimate of drug-likeness (QED) is 0.0489. The first-order chi connectivity index (χ1) is 39.6. The highest BCUT2D eigenvalue weighted by Crippen LogP contribution is 2.45. The van der Waals surface area contributed by atoms with Crippen LogP contribution in [0.5, 0.6) is 0 Å². The number of rotatable bonds is 22. The summed E-state index contributed by atoms with van der Waals surface area (Å²) in [5, 5.41) is 156. The van der Waals surface area contributed by atoms with Crippen LogP contribution in [-0.2, 0) is 61.7 Å². The van der Waals surface area contributed by atoms with Crippen LogP contribution in [0, 0.1) is 0 Å². The molecule has 6 aliphatic rings. The summed E-state index contributed by atoms with van der Waals surface area (Å²) in [7, 11) is 0. The molecule has 83 heavy (non-hydrogen) atoms. The molecule has 30 nitrogen and oxygen atoms in total. The SMILES string of the molecule is CC(=O)N[C@H]1[C@H](O[C@H]2[C@@H](O)[C@@H](CO)O[C@@H](OCCCC[C@H](NC(=O)OCC3c4ccccc4-c4ccccc43)C(=O)O)[C@@H]2O)O[C@H](CO)[C@@H](O[C@@H]2O[C@H](CO)[C@H](O)[C@H](O)[C@H]2O[C@@H]2O[C@@H](C)[C@@H](O)[C@@H](O)[C@@H]2O)[C@@H]1O[C@@H]1O[C@@H](C)[C@@H](O)[C@@H](O)[C@@H]1O. The van der Waals surface area contributed by atoms with Crippen molar-refractivity contribution in [3.8, 4) is 11.1 Å². The predicted molar refractivity (Wildman–Crippen MR) is 273 cm³/mol. The molecule has 5 saturated heterocycles. The van der Waals surface area contributed by atoms with Crippen LogP contribution in [-0.4, -0.2) is 282 Å². The first-order valence-electron chi connectivity index (χ1n) is 27.3. The molecular formula is C53H76N2O28. The molecular weight excluding hydrogens is 1110 g/mol. The summed E-state index contributed by atoms with van der Waals surface area (Å²) in [6.45, 7) is 0.506. The fourth-order valence-corrected chi connectivity index (χ4v) is 11.1. The number of alkyl carbamates (subject to hydrolysis) is 1. The molecule has 5 heterocycles. The molecule has 0 spiro atoms. The van der Waals surface area contributed by atoms with Gasteiger partial charge in [-0.1, -0.05) is 48.5 Å². The Morgan fingerprint density at radius 2 is 1.04 bits per heavy atom. The average Bonchev–Trinajstić information content (AvgIpc) is 3.28. The van der Waals surface area contributed by atoms with Crippen molar-refractivity contribution >= 4 is 18.0 Å². The summed E-state index contributed by atoms with van der Waals surface area (Å²) in [4.78, 5) is 38.4.